The monoisotopic (exact) mass is 613 g/mol. The van der Waals surface area contributed by atoms with Crippen molar-refractivity contribution < 1.29 is 18.3 Å². The van der Waals surface area contributed by atoms with E-state index in [1.54, 1.807) is 9.42 Å². The van der Waals surface area contributed by atoms with Gasteiger partial charge in [-0.05, 0) is 62.3 Å². The summed E-state index contributed by atoms with van der Waals surface area (Å²) in [7, 11) is -3.63. The first-order chi connectivity index (χ1) is 20.1. The van der Waals surface area contributed by atoms with E-state index in [1.807, 2.05) is 12.1 Å². The molecular weight excluding hydrogens is 582 g/mol. The second-order valence-corrected chi connectivity index (χ2v) is 13.5. The molecule has 13 nitrogen and oxygen atoms in total. The third-order valence-corrected chi connectivity index (χ3v) is 9.19. The Bertz CT molecular complexity index is 1690. The molecule has 3 aromatic rings. The number of azide groups is 1. The Hall–Kier alpha value is -3.58. The highest BCUT2D eigenvalue weighted by atomic mass is 35.5. The van der Waals surface area contributed by atoms with E-state index in [9.17, 15) is 18.3 Å². The molecule has 3 aliphatic rings. The second kappa shape index (κ2) is 11.3. The Balaban J connectivity index is 1.39. The number of sulfonamides is 1. The number of benzene rings is 1. The molecule has 4 atom stereocenters. The van der Waals surface area contributed by atoms with Gasteiger partial charge in [-0.15, -0.1) is 0 Å². The van der Waals surface area contributed by atoms with Crippen LogP contribution >= 0.6 is 11.6 Å². The number of piperidine rings is 1. The van der Waals surface area contributed by atoms with Crippen molar-refractivity contribution in [1.29, 1.82) is 0 Å². The normalized spacial score (nSPS) is 24.4. The lowest BCUT2D eigenvalue weighted by Gasteiger charge is -2.35. The van der Waals surface area contributed by atoms with Crippen molar-refractivity contribution >= 4 is 44.7 Å². The van der Waals surface area contributed by atoms with Gasteiger partial charge < -0.3 is 14.9 Å². The molecule has 2 saturated heterocycles. The van der Waals surface area contributed by atoms with Gasteiger partial charge in [-0.2, -0.15) is 5.10 Å². The van der Waals surface area contributed by atoms with E-state index in [4.69, 9.17) is 27.2 Å². The van der Waals surface area contributed by atoms with E-state index in [0.29, 0.717) is 42.2 Å². The fourth-order valence-electron chi connectivity index (χ4n) is 6.21. The van der Waals surface area contributed by atoms with Crippen molar-refractivity contribution in [2.75, 3.05) is 35.5 Å². The fraction of sp³-hybridized carbons (Fsp3) is 0.519. The molecule has 1 amide bonds. The minimum Gasteiger partial charge on any atom is -0.393 e. The highest BCUT2D eigenvalue weighted by Gasteiger charge is 2.37. The molecule has 2 N–H and O–H groups in total. The van der Waals surface area contributed by atoms with Crippen molar-refractivity contribution in [2.45, 2.75) is 62.6 Å². The van der Waals surface area contributed by atoms with Crippen LogP contribution in [0.2, 0.25) is 5.02 Å². The fourth-order valence-corrected chi connectivity index (χ4v) is 6.96. The lowest BCUT2D eigenvalue weighted by molar-refractivity contribution is 0.0606. The summed E-state index contributed by atoms with van der Waals surface area (Å²) >= 11 is 6.23. The number of nitrogens with one attached hydrogen (secondary N) is 1. The number of likely N-dealkylation sites (tertiary alicyclic amines) is 1. The maximum absolute atomic E-state index is 14.0. The third kappa shape index (κ3) is 5.59. The first kappa shape index (κ1) is 28.5. The van der Waals surface area contributed by atoms with Crippen molar-refractivity contribution in [3.05, 3.63) is 62.7 Å². The van der Waals surface area contributed by atoms with Crippen molar-refractivity contribution in [3.63, 3.8) is 0 Å². The average Bonchev–Trinajstić information content (AvgIpc) is 3.51. The van der Waals surface area contributed by atoms with Gasteiger partial charge in [-0.3, -0.25) is 9.52 Å². The Morgan fingerprint density at radius 1 is 1.17 bits per heavy atom. The van der Waals surface area contributed by atoms with Gasteiger partial charge in [0.25, 0.3) is 5.91 Å². The van der Waals surface area contributed by atoms with E-state index in [-0.39, 0.29) is 29.1 Å². The van der Waals surface area contributed by atoms with Crippen LogP contribution in [0.15, 0.2) is 35.4 Å². The van der Waals surface area contributed by atoms with Crippen molar-refractivity contribution in [2.24, 2.45) is 5.11 Å². The molecule has 0 spiro atoms. The number of aromatic nitrogens is 3. The van der Waals surface area contributed by atoms with Crippen LogP contribution in [0.3, 0.4) is 0 Å². The number of fused-ring (bicyclic) bond motifs is 1. The number of hydrogen-bond acceptors (Lipinski definition) is 8. The molecule has 3 fully saturated rings. The van der Waals surface area contributed by atoms with Gasteiger partial charge in [0.1, 0.15) is 5.82 Å². The van der Waals surface area contributed by atoms with E-state index in [2.05, 4.69) is 19.6 Å². The molecule has 1 saturated carbocycles. The minimum absolute atomic E-state index is 0.0889. The summed E-state index contributed by atoms with van der Waals surface area (Å²) in [6.45, 7) is 2.30. The maximum Gasteiger partial charge on any atom is 0.256 e. The van der Waals surface area contributed by atoms with Crippen LogP contribution in [0, 0.1) is 0 Å². The van der Waals surface area contributed by atoms with Crippen LogP contribution in [-0.2, 0) is 10.0 Å². The molecule has 0 radical (unpaired) electrons. The number of aliphatic hydroxyl groups is 1. The van der Waals surface area contributed by atoms with Gasteiger partial charge in [-0.1, -0.05) is 16.7 Å². The first-order valence-electron chi connectivity index (χ1n) is 14.1. The number of rotatable bonds is 7. The Labute approximate surface area is 248 Å². The lowest BCUT2D eigenvalue weighted by atomic mass is 9.98. The molecule has 2 aliphatic heterocycles. The van der Waals surface area contributed by atoms with Crippen LogP contribution in [0.1, 0.15) is 72.2 Å². The summed E-state index contributed by atoms with van der Waals surface area (Å²) in [5.41, 5.74) is 11.5. The Morgan fingerprint density at radius 3 is 2.69 bits per heavy atom. The average molecular weight is 614 g/mol. The highest BCUT2D eigenvalue weighted by Crippen LogP contribution is 2.39. The molecular formula is C27H32ClN9O4S. The van der Waals surface area contributed by atoms with Crippen molar-refractivity contribution in [3.8, 4) is 0 Å². The molecule has 3 unspecified atom stereocenters. The number of anilines is 2. The Morgan fingerprint density at radius 2 is 1.98 bits per heavy atom. The van der Waals surface area contributed by atoms with Crippen LogP contribution in [0.5, 0.6) is 0 Å². The van der Waals surface area contributed by atoms with E-state index >= 15 is 0 Å². The summed E-state index contributed by atoms with van der Waals surface area (Å²) in [4.78, 5) is 25.7. The number of amides is 1. The highest BCUT2D eigenvalue weighted by molar-refractivity contribution is 7.92. The van der Waals surface area contributed by atoms with Crippen LogP contribution < -0.4 is 9.62 Å². The molecule has 1 aliphatic carbocycles. The predicted octanol–water partition coefficient (Wildman–Crippen LogP) is 4.25. The zero-order chi connectivity index (χ0) is 29.6. The smallest absolute Gasteiger partial charge is 0.256 e. The summed E-state index contributed by atoms with van der Waals surface area (Å²) in [6.07, 6.45) is 4.70. The summed E-state index contributed by atoms with van der Waals surface area (Å²) in [6, 6.07) is 7.57. The molecule has 222 valence electrons. The quantitative estimate of drug-likeness (QED) is 0.228. The number of carbonyl (C=O) groups excluding carboxylic acids is 1. The summed E-state index contributed by atoms with van der Waals surface area (Å²) < 4.78 is 28.3. The van der Waals surface area contributed by atoms with E-state index in [0.717, 1.165) is 50.1 Å². The number of carbonyl (C=O) groups is 1. The van der Waals surface area contributed by atoms with Gasteiger partial charge in [0.2, 0.25) is 10.0 Å². The second-order valence-electron chi connectivity index (χ2n) is 11.3. The van der Waals surface area contributed by atoms with Gasteiger partial charge >= 0.3 is 0 Å². The van der Waals surface area contributed by atoms with Gasteiger partial charge in [0, 0.05) is 47.6 Å². The third-order valence-electron chi connectivity index (χ3n) is 8.37. The number of aliphatic hydroxyl groups excluding tert-OH is 1. The minimum atomic E-state index is -3.63. The summed E-state index contributed by atoms with van der Waals surface area (Å²) in [5.74, 6) is 0.411. The molecule has 1 aromatic carbocycles. The largest absolute Gasteiger partial charge is 0.393 e. The van der Waals surface area contributed by atoms with Gasteiger partial charge in [0.15, 0.2) is 5.65 Å². The number of hydrogen-bond donors (Lipinski definition) is 2. The summed E-state index contributed by atoms with van der Waals surface area (Å²) in [5, 5.41) is 19.7. The predicted molar refractivity (Wildman–Crippen MR) is 158 cm³/mol. The van der Waals surface area contributed by atoms with Crippen LogP contribution in [-0.4, -0.2) is 77.0 Å². The first-order valence-corrected chi connectivity index (χ1v) is 16.3. The standard InChI is InChI=1S/C27H32ClN9O4S/c1-42(40,41)33-19-7-6-17(28)13-18(19)27(39)36-10-3-2-5-22(36)20-14-26-30-25(35-8-4-9-35)15-23(37(26)32-20)16-11-21(31-34-29)24(38)12-16/h6-7,13-16,21-22,24,33,38H,2-5,8-12H2,1H3/t16?,21?,22-,24?/m0/s1. The zero-order valence-electron chi connectivity index (χ0n) is 23.1. The molecule has 4 heterocycles. The molecule has 0 bridgehead atoms. The Kier molecular flexibility index (Phi) is 7.64. The zero-order valence-corrected chi connectivity index (χ0v) is 24.7. The SMILES string of the molecule is CS(=O)(=O)Nc1ccc(Cl)cc1C(=O)N1CCCC[C@H]1c1cc2nc(N3CCC3)cc(C3CC(O)C(N=[N+]=[N-])C3)n2n1. The van der Waals surface area contributed by atoms with Crippen LogP contribution in [0.4, 0.5) is 11.5 Å². The van der Waals surface area contributed by atoms with Gasteiger partial charge in [0.05, 0.1) is 47.1 Å². The van der Waals surface area contributed by atoms with Crippen molar-refractivity contribution in [1.82, 2.24) is 19.5 Å². The van der Waals surface area contributed by atoms with E-state index in [1.165, 1.54) is 18.2 Å². The molecule has 6 rings (SSSR count). The number of nitrogens with zero attached hydrogens (tertiary/aromatic N) is 8. The molecule has 42 heavy (non-hydrogen) atoms. The van der Waals surface area contributed by atoms with Crippen LogP contribution in [0.25, 0.3) is 16.1 Å². The maximum atomic E-state index is 14.0. The topological polar surface area (TPSA) is 169 Å². The molecule has 15 heteroatoms. The molecule has 2 aromatic heterocycles. The lowest BCUT2D eigenvalue weighted by Crippen LogP contribution is -2.39. The van der Waals surface area contributed by atoms with E-state index < -0.39 is 22.2 Å². The van der Waals surface area contributed by atoms with Gasteiger partial charge in [-0.25, -0.2) is 17.9 Å². The number of halogens is 1.